The lowest BCUT2D eigenvalue weighted by Crippen LogP contribution is -2.21. The molecule has 0 spiro atoms. The maximum absolute atomic E-state index is 13.4. The number of aromatic nitrogens is 1. The van der Waals surface area contributed by atoms with E-state index in [1.165, 1.54) is 11.3 Å². The highest BCUT2D eigenvalue weighted by molar-refractivity contribution is 7.14. The normalized spacial score (nSPS) is 13.0. The van der Waals surface area contributed by atoms with E-state index in [0.29, 0.717) is 62.8 Å². The van der Waals surface area contributed by atoms with Gasteiger partial charge in [0.2, 0.25) is 5.75 Å². The van der Waals surface area contributed by atoms with Gasteiger partial charge in [-0.25, -0.2) is 9.78 Å². The first kappa shape index (κ1) is 26.7. The first-order valence-electron chi connectivity index (χ1n) is 12.3. The molecule has 2 heterocycles. The summed E-state index contributed by atoms with van der Waals surface area (Å²) in [5.74, 6) is 0.437. The maximum atomic E-state index is 13.4. The molecule has 0 aliphatic heterocycles. The summed E-state index contributed by atoms with van der Waals surface area (Å²) in [6.45, 7) is -0.485. The molecule has 202 valence electrons. The third kappa shape index (κ3) is 5.07. The minimum absolute atomic E-state index is 0.356. The second-order valence-electron chi connectivity index (χ2n) is 8.86. The predicted octanol–water partition coefficient (Wildman–Crippen LogP) is 5.48. The molecule has 0 saturated heterocycles. The summed E-state index contributed by atoms with van der Waals surface area (Å²) in [5.41, 5.74) is 4.66. The molecule has 0 saturated carbocycles. The molecule has 1 amide bonds. The lowest BCUT2D eigenvalue weighted by Gasteiger charge is -2.14. The zero-order valence-corrected chi connectivity index (χ0v) is 22.9. The first-order chi connectivity index (χ1) is 19.5. The Labute approximate surface area is 234 Å². The quantitative estimate of drug-likeness (QED) is 0.284. The summed E-state index contributed by atoms with van der Waals surface area (Å²) in [5, 5.41) is 14.6. The van der Waals surface area contributed by atoms with E-state index in [4.69, 9.17) is 29.2 Å². The molecule has 0 atom stereocenters. The predicted molar refractivity (Wildman–Crippen MR) is 152 cm³/mol. The molecule has 1 aliphatic rings. The van der Waals surface area contributed by atoms with Crippen LogP contribution in [0.1, 0.15) is 39.2 Å². The zero-order chi connectivity index (χ0) is 28.2. The molecule has 1 aliphatic carbocycles. The van der Waals surface area contributed by atoms with Gasteiger partial charge in [-0.3, -0.25) is 4.79 Å². The highest BCUT2D eigenvalue weighted by atomic mass is 32.1. The van der Waals surface area contributed by atoms with Gasteiger partial charge < -0.3 is 24.3 Å². The number of fused-ring (bicyclic) bond motifs is 2. The number of hydrogen-bond donors (Lipinski definition) is 1. The lowest BCUT2D eigenvalue weighted by molar-refractivity contribution is -0.119. The zero-order valence-electron chi connectivity index (χ0n) is 22.1. The minimum atomic E-state index is -0.606. The number of para-hydroxylation sites is 1. The highest BCUT2D eigenvalue weighted by Crippen LogP contribution is 2.41. The molecule has 40 heavy (non-hydrogen) atoms. The van der Waals surface area contributed by atoms with E-state index in [2.05, 4.69) is 5.32 Å². The fraction of sp³-hybridized carbons (Fsp3) is 0.200. The van der Waals surface area contributed by atoms with Gasteiger partial charge >= 0.3 is 5.97 Å². The summed E-state index contributed by atoms with van der Waals surface area (Å²) < 4.78 is 21.9. The van der Waals surface area contributed by atoms with Crippen LogP contribution in [0.25, 0.3) is 22.6 Å². The molecule has 0 radical (unpaired) electrons. The fourth-order valence-corrected chi connectivity index (χ4v) is 5.51. The van der Waals surface area contributed by atoms with Crippen LogP contribution in [0.3, 0.4) is 0 Å². The number of nitrogens with zero attached hydrogens (tertiary/aromatic N) is 2. The van der Waals surface area contributed by atoms with Gasteiger partial charge in [0.05, 0.1) is 43.7 Å². The molecular weight excluding hydrogens is 530 g/mol. The molecule has 9 nitrogen and oxygen atoms in total. The third-order valence-corrected chi connectivity index (χ3v) is 7.38. The van der Waals surface area contributed by atoms with Crippen molar-refractivity contribution in [2.24, 2.45) is 0 Å². The number of methoxy groups -OCH3 is 3. The number of allylic oxidation sites excluding steroid dienone is 1. The smallest absolute Gasteiger partial charge is 0.339 e. The first-order valence-corrected chi connectivity index (χ1v) is 13.2. The molecule has 10 heteroatoms. The van der Waals surface area contributed by atoms with Crippen LogP contribution in [0, 0.1) is 11.3 Å². The molecule has 4 aromatic rings. The number of anilines is 1. The van der Waals surface area contributed by atoms with E-state index in [9.17, 15) is 9.59 Å². The largest absolute Gasteiger partial charge is 0.493 e. The van der Waals surface area contributed by atoms with Crippen LogP contribution in [0.4, 0.5) is 5.00 Å². The number of rotatable bonds is 8. The summed E-state index contributed by atoms with van der Waals surface area (Å²) in [6.07, 6.45) is 3.24. The van der Waals surface area contributed by atoms with Crippen LogP contribution >= 0.6 is 11.3 Å². The topological polar surface area (TPSA) is 120 Å². The van der Waals surface area contributed by atoms with Gasteiger partial charge in [0, 0.05) is 5.39 Å². The van der Waals surface area contributed by atoms with Gasteiger partial charge in [0.25, 0.3) is 5.91 Å². The number of esters is 1. The van der Waals surface area contributed by atoms with Crippen LogP contribution in [0.15, 0.2) is 47.8 Å². The van der Waals surface area contributed by atoms with Crippen molar-refractivity contribution >= 4 is 50.8 Å². The van der Waals surface area contributed by atoms with Crippen molar-refractivity contribution in [3.8, 4) is 23.3 Å². The number of ether oxygens (including phenoxy) is 4. The Morgan fingerprint density at radius 1 is 1.07 bits per heavy atom. The Hall–Kier alpha value is -4.88. The average molecular weight is 556 g/mol. The number of nitrogens with one attached hydrogen (secondary N) is 1. The number of amides is 1. The molecule has 5 rings (SSSR count). The number of carbonyl (C=O) groups is 2. The van der Waals surface area contributed by atoms with Gasteiger partial charge in [0.15, 0.2) is 18.1 Å². The van der Waals surface area contributed by atoms with Gasteiger partial charge in [-0.15, -0.1) is 11.3 Å². The van der Waals surface area contributed by atoms with E-state index in [0.717, 1.165) is 16.7 Å². The van der Waals surface area contributed by atoms with Crippen LogP contribution in [-0.2, 0) is 16.0 Å². The number of carbonyl (C=O) groups excluding carboxylic acids is 2. The number of nitriles is 1. The van der Waals surface area contributed by atoms with E-state index in [1.807, 2.05) is 48.5 Å². The van der Waals surface area contributed by atoms with E-state index >= 15 is 0 Å². The fourth-order valence-electron chi connectivity index (χ4n) is 4.76. The number of hydrogen-bond acceptors (Lipinski definition) is 9. The van der Waals surface area contributed by atoms with Crippen molar-refractivity contribution in [3.05, 3.63) is 75.8 Å². The third-order valence-electron chi connectivity index (χ3n) is 6.55. The van der Waals surface area contributed by atoms with E-state index < -0.39 is 18.5 Å². The molecule has 2 aromatic heterocycles. The molecule has 0 fully saturated rings. The van der Waals surface area contributed by atoms with Crippen LogP contribution in [0.5, 0.6) is 17.2 Å². The minimum Gasteiger partial charge on any atom is -0.493 e. The maximum Gasteiger partial charge on any atom is 0.339 e. The second kappa shape index (κ2) is 11.5. The van der Waals surface area contributed by atoms with Crippen LogP contribution in [-0.4, -0.2) is 44.8 Å². The Morgan fingerprint density at radius 3 is 2.52 bits per heavy atom. The van der Waals surface area contributed by atoms with Crippen molar-refractivity contribution in [2.45, 2.75) is 12.8 Å². The second-order valence-corrected chi connectivity index (χ2v) is 9.77. The number of thiophene rings is 1. The lowest BCUT2D eigenvalue weighted by atomic mass is 10.0. The summed E-state index contributed by atoms with van der Waals surface area (Å²) in [6, 6.07) is 14.7. The molecular formula is C30H25N3O6S. The van der Waals surface area contributed by atoms with Crippen LogP contribution in [0.2, 0.25) is 0 Å². The number of benzene rings is 2. The van der Waals surface area contributed by atoms with Gasteiger partial charge in [-0.2, -0.15) is 5.26 Å². The Balaban J connectivity index is 1.47. The van der Waals surface area contributed by atoms with E-state index in [-0.39, 0.29) is 0 Å². The monoisotopic (exact) mass is 555 g/mol. The van der Waals surface area contributed by atoms with Crippen molar-refractivity contribution in [1.29, 1.82) is 5.26 Å². The van der Waals surface area contributed by atoms with Crippen molar-refractivity contribution in [1.82, 2.24) is 4.98 Å². The van der Waals surface area contributed by atoms with Crippen LogP contribution < -0.4 is 19.5 Å². The summed E-state index contributed by atoms with van der Waals surface area (Å²) in [4.78, 5) is 30.8. The Morgan fingerprint density at radius 2 is 1.82 bits per heavy atom. The summed E-state index contributed by atoms with van der Waals surface area (Å²) in [7, 11) is 4.68. The van der Waals surface area contributed by atoms with Crippen molar-refractivity contribution in [2.75, 3.05) is 33.3 Å². The van der Waals surface area contributed by atoms with E-state index in [1.54, 1.807) is 32.8 Å². The molecule has 2 aromatic carbocycles. The van der Waals surface area contributed by atoms with Gasteiger partial charge in [-0.05, 0) is 65.3 Å². The molecule has 1 N–H and O–H groups in total. The molecule has 0 bridgehead atoms. The molecule has 0 unspecified atom stereocenters. The van der Waals surface area contributed by atoms with Gasteiger partial charge in [0.1, 0.15) is 11.1 Å². The van der Waals surface area contributed by atoms with Crippen molar-refractivity contribution in [3.63, 3.8) is 0 Å². The SMILES string of the molecule is COc1cc(/C=C2/CCc3c2nc2ccccc2c3C(=O)OCC(=O)Nc2sccc2C#N)cc(OC)c1OC. The van der Waals surface area contributed by atoms with Gasteiger partial charge in [-0.1, -0.05) is 18.2 Å². The Bertz CT molecular complexity index is 1680. The Kier molecular flexibility index (Phi) is 7.66. The standard InChI is InChI=1S/C30H25N3O6S/c1-36-23-13-17(14-24(37-2)28(23)38-3)12-18-8-9-21-26(20-6-4-5-7-22(20)32-27(18)21)30(35)39-16-25(34)33-29-19(15-31)10-11-40-29/h4-7,10-14H,8-9,16H2,1-3H3,(H,33,34)/b18-12-. The summed E-state index contributed by atoms with van der Waals surface area (Å²) >= 11 is 1.23. The highest BCUT2D eigenvalue weighted by Gasteiger charge is 2.28. The number of pyridine rings is 1. The average Bonchev–Trinajstić information content (AvgIpc) is 3.60. The van der Waals surface area contributed by atoms with Crippen molar-refractivity contribution < 1.29 is 28.5 Å².